The number of pyridine rings is 1. The van der Waals surface area contributed by atoms with E-state index in [1.807, 2.05) is 30.3 Å². The highest BCUT2D eigenvalue weighted by molar-refractivity contribution is 5.86. The molecule has 168 valence electrons. The fraction of sp³-hybridized carbons (Fsp3) is 0.320. The molecule has 1 aromatic heterocycles. The van der Waals surface area contributed by atoms with Crippen molar-refractivity contribution in [3.05, 3.63) is 71.9 Å². The summed E-state index contributed by atoms with van der Waals surface area (Å²) in [6.07, 6.45) is 5.24. The predicted octanol–water partition coefficient (Wildman–Crippen LogP) is 4.23. The van der Waals surface area contributed by atoms with Crippen molar-refractivity contribution in [1.29, 1.82) is 0 Å². The molecular formula is C25H27F2N3O2. The van der Waals surface area contributed by atoms with Crippen molar-refractivity contribution < 1.29 is 18.3 Å². The highest BCUT2D eigenvalue weighted by atomic mass is 19.1. The molecule has 0 atom stereocenters. The SMILES string of the molecule is COc1cnc2cccc(OCCN3CCN(CC=Cc4cc(F)ccc4F)CC3)c2c1. The number of piperazine rings is 1. The zero-order chi connectivity index (χ0) is 22.3. The summed E-state index contributed by atoms with van der Waals surface area (Å²) >= 11 is 0. The Kier molecular flexibility index (Phi) is 7.29. The number of ether oxygens (including phenoxy) is 2. The summed E-state index contributed by atoms with van der Waals surface area (Å²) in [5, 5.41) is 0.943. The van der Waals surface area contributed by atoms with Gasteiger partial charge in [0.1, 0.15) is 29.7 Å². The summed E-state index contributed by atoms with van der Waals surface area (Å²) in [4.78, 5) is 9.08. The quantitative estimate of drug-likeness (QED) is 0.525. The van der Waals surface area contributed by atoms with E-state index in [1.54, 1.807) is 19.4 Å². The third-order valence-electron chi connectivity index (χ3n) is 5.65. The minimum absolute atomic E-state index is 0.280. The van der Waals surface area contributed by atoms with Gasteiger partial charge in [0.15, 0.2) is 0 Å². The number of fused-ring (bicyclic) bond motifs is 1. The summed E-state index contributed by atoms with van der Waals surface area (Å²) in [7, 11) is 1.63. The Hall–Kier alpha value is -3.03. The number of benzene rings is 2. The lowest BCUT2D eigenvalue weighted by Gasteiger charge is -2.34. The number of methoxy groups -OCH3 is 1. The Morgan fingerprint density at radius 1 is 1.03 bits per heavy atom. The van der Waals surface area contributed by atoms with Crippen molar-refractivity contribution in [2.24, 2.45) is 0 Å². The van der Waals surface area contributed by atoms with E-state index in [0.29, 0.717) is 18.9 Å². The highest BCUT2D eigenvalue weighted by Crippen LogP contribution is 2.27. The summed E-state index contributed by atoms with van der Waals surface area (Å²) in [6.45, 7) is 5.87. The van der Waals surface area contributed by atoms with Gasteiger partial charge < -0.3 is 9.47 Å². The Labute approximate surface area is 186 Å². The van der Waals surface area contributed by atoms with Crippen molar-refractivity contribution >= 4 is 17.0 Å². The molecule has 2 heterocycles. The van der Waals surface area contributed by atoms with Crippen LogP contribution in [0.1, 0.15) is 5.56 Å². The van der Waals surface area contributed by atoms with Gasteiger partial charge in [-0.3, -0.25) is 14.8 Å². The molecule has 1 aliphatic rings. The number of hydrogen-bond acceptors (Lipinski definition) is 5. The van der Waals surface area contributed by atoms with Gasteiger partial charge in [0.05, 0.1) is 18.8 Å². The van der Waals surface area contributed by atoms with Crippen LogP contribution < -0.4 is 9.47 Å². The van der Waals surface area contributed by atoms with Crippen molar-refractivity contribution in [2.45, 2.75) is 0 Å². The Morgan fingerprint density at radius 3 is 2.66 bits per heavy atom. The first kappa shape index (κ1) is 22.2. The van der Waals surface area contributed by atoms with Crippen LogP contribution in [0, 0.1) is 11.6 Å². The smallest absolute Gasteiger partial charge is 0.137 e. The standard InChI is InChI=1S/C25H27F2N3O2/c1-31-21-17-22-24(28-18-21)5-2-6-25(22)32-15-14-30-12-10-29(11-13-30)9-3-4-19-16-20(26)7-8-23(19)27/h2-8,16-18H,9-15H2,1H3. The fourth-order valence-electron chi connectivity index (χ4n) is 3.79. The Balaban J connectivity index is 1.22. The molecule has 2 aromatic carbocycles. The van der Waals surface area contributed by atoms with E-state index in [1.165, 1.54) is 6.07 Å². The second-order valence-corrected chi connectivity index (χ2v) is 7.76. The van der Waals surface area contributed by atoms with Crippen LogP contribution in [0.4, 0.5) is 8.78 Å². The molecule has 1 saturated heterocycles. The lowest BCUT2D eigenvalue weighted by Crippen LogP contribution is -2.47. The largest absolute Gasteiger partial charge is 0.495 e. The van der Waals surface area contributed by atoms with Crippen LogP contribution in [-0.2, 0) is 0 Å². The number of rotatable bonds is 8. The van der Waals surface area contributed by atoms with Gasteiger partial charge in [-0.1, -0.05) is 18.2 Å². The number of halogens is 2. The molecule has 0 unspecified atom stereocenters. The zero-order valence-corrected chi connectivity index (χ0v) is 18.1. The summed E-state index contributed by atoms with van der Waals surface area (Å²) < 4.78 is 38.3. The summed E-state index contributed by atoms with van der Waals surface area (Å²) in [6, 6.07) is 11.3. The van der Waals surface area contributed by atoms with Gasteiger partial charge in [-0.25, -0.2) is 8.78 Å². The Bertz CT molecular complexity index is 1080. The normalized spacial score (nSPS) is 15.5. The van der Waals surface area contributed by atoms with Crippen LogP contribution in [-0.4, -0.2) is 67.8 Å². The van der Waals surface area contributed by atoms with Crippen molar-refractivity contribution in [1.82, 2.24) is 14.8 Å². The molecule has 0 radical (unpaired) electrons. The van der Waals surface area contributed by atoms with E-state index in [2.05, 4.69) is 14.8 Å². The first-order valence-corrected chi connectivity index (χ1v) is 10.7. The van der Waals surface area contributed by atoms with E-state index in [-0.39, 0.29) is 5.56 Å². The molecule has 3 aromatic rings. The molecule has 1 fully saturated rings. The van der Waals surface area contributed by atoms with Crippen molar-refractivity contribution in [3.63, 3.8) is 0 Å². The van der Waals surface area contributed by atoms with Gasteiger partial charge >= 0.3 is 0 Å². The lowest BCUT2D eigenvalue weighted by molar-refractivity contribution is 0.125. The predicted molar refractivity (Wildman–Crippen MR) is 122 cm³/mol. The van der Waals surface area contributed by atoms with Crippen molar-refractivity contribution in [2.75, 3.05) is 53.0 Å². The molecule has 0 saturated carbocycles. The molecule has 1 aliphatic heterocycles. The first-order chi connectivity index (χ1) is 15.6. The van der Waals surface area contributed by atoms with Gasteiger partial charge in [-0.05, 0) is 36.4 Å². The van der Waals surface area contributed by atoms with E-state index < -0.39 is 11.6 Å². The monoisotopic (exact) mass is 439 g/mol. The maximum atomic E-state index is 13.7. The third-order valence-corrected chi connectivity index (χ3v) is 5.65. The van der Waals surface area contributed by atoms with Crippen LogP contribution in [0.25, 0.3) is 17.0 Å². The van der Waals surface area contributed by atoms with Gasteiger partial charge in [0.2, 0.25) is 0 Å². The minimum atomic E-state index is -0.430. The molecule has 32 heavy (non-hydrogen) atoms. The van der Waals surface area contributed by atoms with Crippen LogP contribution in [0.2, 0.25) is 0 Å². The average molecular weight is 440 g/mol. The topological polar surface area (TPSA) is 37.8 Å². The van der Waals surface area contributed by atoms with Gasteiger partial charge in [0, 0.05) is 50.2 Å². The first-order valence-electron chi connectivity index (χ1n) is 10.7. The lowest BCUT2D eigenvalue weighted by atomic mass is 10.2. The van der Waals surface area contributed by atoms with E-state index in [9.17, 15) is 8.78 Å². The van der Waals surface area contributed by atoms with Crippen molar-refractivity contribution in [3.8, 4) is 11.5 Å². The number of hydrogen-bond donors (Lipinski definition) is 0. The molecule has 0 amide bonds. The Morgan fingerprint density at radius 2 is 1.84 bits per heavy atom. The van der Waals surface area contributed by atoms with Gasteiger partial charge in [-0.15, -0.1) is 0 Å². The van der Waals surface area contributed by atoms with Crippen LogP contribution >= 0.6 is 0 Å². The van der Waals surface area contributed by atoms with E-state index >= 15 is 0 Å². The minimum Gasteiger partial charge on any atom is -0.495 e. The average Bonchev–Trinajstić information content (AvgIpc) is 2.82. The third kappa shape index (κ3) is 5.60. The highest BCUT2D eigenvalue weighted by Gasteiger charge is 2.16. The molecular weight excluding hydrogens is 412 g/mol. The maximum absolute atomic E-state index is 13.7. The molecule has 4 rings (SSSR count). The van der Waals surface area contributed by atoms with Gasteiger partial charge in [0.25, 0.3) is 0 Å². The molecule has 5 nitrogen and oxygen atoms in total. The summed E-state index contributed by atoms with van der Waals surface area (Å²) in [5.74, 6) is 0.676. The van der Waals surface area contributed by atoms with E-state index in [4.69, 9.17) is 9.47 Å². The molecule has 0 aliphatic carbocycles. The van der Waals surface area contributed by atoms with Crippen LogP contribution in [0.3, 0.4) is 0 Å². The van der Waals surface area contributed by atoms with Crippen LogP contribution in [0.15, 0.2) is 54.7 Å². The van der Waals surface area contributed by atoms with E-state index in [0.717, 1.165) is 61.5 Å². The fourth-order valence-corrected chi connectivity index (χ4v) is 3.79. The summed E-state index contributed by atoms with van der Waals surface area (Å²) in [5.41, 5.74) is 1.16. The molecule has 0 N–H and O–H groups in total. The zero-order valence-electron chi connectivity index (χ0n) is 18.1. The maximum Gasteiger partial charge on any atom is 0.137 e. The molecule has 7 heteroatoms. The molecule has 0 bridgehead atoms. The number of aromatic nitrogens is 1. The second-order valence-electron chi connectivity index (χ2n) is 7.76. The number of nitrogens with zero attached hydrogens (tertiary/aromatic N) is 3. The van der Waals surface area contributed by atoms with Crippen LogP contribution in [0.5, 0.6) is 11.5 Å². The second kappa shape index (κ2) is 10.5. The molecule has 0 spiro atoms. The van der Waals surface area contributed by atoms with Gasteiger partial charge in [-0.2, -0.15) is 0 Å².